The second-order valence-corrected chi connectivity index (χ2v) is 7.71. The monoisotopic (exact) mass is 395 g/mol. The quantitative estimate of drug-likeness (QED) is 0.611. The van der Waals surface area contributed by atoms with Gasteiger partial charge >= 0.3 is 6.16 Å². The Morgan fingerprint density at radius 1 is 1.11 bits per heavy atom. The van der Waals surface area contributed by atoms with E-state index in [0.29, 0.717) is 4.96 Å². The molecule has 1 saturated carbocycles. The van der Waals surface area contributed by atoms with E-state index in [1.807, 2.05) is 0 Å². The predicted molar refractivity (Wildman–Crippen MR) is 98.0 cm³/mol. The molecule has 0 radical (unpaired) electrons. The molecule has 0 unspecified atom stereocenters. The Kier molecular flexibility index (Phi) is 5.64. The third-order valence-electron chi connectivity index (χ3n) is 4.82. The summed E-state index contributed by atoms with van der Waals surface area (Å²) in [5, 5.41) is 26.9. The van der Waals surface area contributed by atoms with Gasteiger partial charge in [0.2, 0.25) is 5.88 Å². The van der Waals surface area contributed by atoms with Gasteiger partial charge in [-0.1, -0.05) is 12.8 Å². The van der Waals surface area contributed by atoms with Crippen LogP contribution in [0.3, 0.4) is 0 Å². The molecule has 0 saturated heterocycles. The van der Waals surface area contributed by atoms with Crippen molar-refractivity contribution in [3.63, 3.8) is 0 Å². The van der Waals surface area contributed by atoms with Gasteiger partial charge < -0.3 is 20.6 Å². The van der Waals surface area contributed by atoms with Gasteiger partial charge in [-0.05, 0) is 38.5 Å². The van der Waals surface area contributed by atoms with Crippen LogP contribution in [0.25, 0.3) is 4.96 Å². The van der Waals surface area contributed by atoms with Gasteiger partial charge in [0.15, 0.2) is 10.5 Å². The molecule has 1 amide bonds. The molecule has 10 heteroatoms. The normalized spacial score (nSPS) is 16.4. The zero-order valence-electron chi connectivity index (χ0n) is 14.6. The van der Waals surface area contributed by atoms with Crippen LogP contribution in [-0.4, -0.2) is 42.8 Å². The average Bonchev–Trinajstić information content (AvgIpc) is 3.20. The number of nitrogens with one attached hydrogen (secondary N) is 1. The molecule has 0 aliphatic heterocycles. The van der Waals surface area contributed by atoms with Crippen molar-refractivity contribution in [2.24, 2.45) is 0 Å². The Morgan fingerprint density at radius 2 is 1.74 bits per heavy atom. The molecule has 2 aromatic heterocycles. The van der Waals surface area contributed by atoms with E-state index in [9.17, 15) is 14.7 Å². The fourth-order valence-corrected chi connectivity index (χ4v) is 4.84. The Balaban J connectivity index is 0.000000481. The van der Waals surface area contributed by atoms with Gasteiger partial charge in [-0.2, -0.15) is 4.98 Å². The van der Waals surface area contributed by atoms with Crippen LogP contribution in [0.5, 0.6) is 5.88 Å². The molecular weight excluding hydrogens is 374 g/mol. The summed E-state index contributed by atoms with van der Waals surface area (Å²) in [7, 11) is 0. The van der Waals surface area contributed by atoms with E-state index in [1.54, 1.807) is 0 Å². The standard InChI is InChI=1S/C16H19N3O3S.CH2O3/c20-13(17-9-5-1-2-6-9)12-14(21)18-16-19(15(12)22)10-7-3-4-8-11(10)23-16;2-1(3)4/h9,21H,1-8H2,(H,17,20);(H2,2,3,4). The van der Waals surface area contributed by atoms with Crippen LogP contribution >= 0.6 is 11.3 Å². The van der Waals surface area contributed by atoms with Crippen LogP contribution in [0.15, 0.2) is 4.79 Å². The Hall–Kier alpha value is -2.62. The predicted octanol–water partition coefficient (Wildman–Crippen LogP) is 2.24. The topological polar surface area (TPSA) is 141 Å². The third-order valence-corrected chi connectivity index (χ3v) is 5.97. The molecule has 27 heavy (non-hydrogen) atoms. The summed E-state index contributed by atoms with van der Waals surface area (Å²) in [6, 6.07) is 0.0957. The van der Waals surface area contributed by atoms with Crippen LogP contribution in [0.2, 0.25) is 0 Å². The van der Waals surface area contributed by atoms with E-state index < -0.39 is 23.5 Å². The van der Waals surface area contributed by atoms with E-state index in [4.69, 9.17) is 15.0 Å². The van der Waals surface area contributed by atoms with Gasteiger partial charge in [-0.25, -0.2) is 4.79 Å². The van der Waals surface area contributed by atoms with Gasteiger partial charge in [0, 0.05) is 16.6 Å². The van der Waals surface area contributed by atoms with Crippen molar-refractivity contribution in [3.8, 4) is 5.88 Å². The van der Waals surface area contributed by atoms with E-state index in [-0.39, 0.29) is 11.6 Å². The maximum absolute atomic E-state index is 12.8. The number of aromatic nitrogens is 2. The van der Waals surface area contributed by atoms with E-state index in [0.717, 1.165) is 61.9 Å². The second kappa shape index (κ2) is 7.95. The zero-order chi connectivity index (χ0) is 19.6. The van der Waals surface area contributed by atoms with Crippen molar-refractivity contribution < 1.29 is 24.9 Å². The van der Waals surface area contributed by atoms with Crippen LogP contribution in [0, 0.1) is 0 Å². The molecular formula is C17H21N3O6S. The Bertz CT molecular complexity index is 925. The van der Waals surface area contributed by atoms with Crippen LogP contribution in [0.1, 0.15) is 59.5 Å². The number of amides is 1. The summed E-state index contributed by atoms with van der Waals surface area (Å²) >= 11 is 1.44. The molecule has 0 aromatic carbocycles. The lowest BCUT2D eigenvalue weighted by Crippen LogP contribution is -2.37. The highest BCUT2D eigenvalue weighted by atomic mass is 32.1. The number of fused-ring (bicyclic) bond motifs is 3. The maximum Gasteiger partial charge on any atom is 0.503 e. The van der Waals surface area contributed by atoms with Crippen molar-refractivity contribution in [1.82, 2.24) is 14.7 Å². The zero-order valence-corrected chi connectivity index (χ0v) is 15.4. The van der Waals surface area contributed by atoms with Crippen LogP contribution in [-0.2, 0) is 12.8 Å². The molecule has 2 heterocycles. The SMILES string of the molecule is O=C(NC1CCCC1)c1c(O)nc2sc3c(n2c1=O)CCCC3.O=C(O)O. The van der Waals surface area contributed by atoms with Crippen molar-refractivity contribution >= 4 is 28.4 Å². The lowest BCUT2D eigenvalue weighted by molar-refractivity contribution is 0.0932. The molecule has 146 valence electrons. The number of carbonyl (C=O) groups is 2. The number of carboxylic acid groups (broad SMARTS) is 2. The first kappa shape index (κ1) is 19.2. The largest absolute Gasteiger partial charge is 0.503 e. The molecule has 2 aliphatic carbocycles. The van der Waals surface area contributed by atoms with Gasteiger partial charge in [0.1, 0.15) is 0 Å². The summed E-state index contributed by atoms with van der Waals surface area (Å²) in [6.45, 7) is 0. The van der Waals surface area contributed by atoms with Crippen LogP contribution < -0.4 is 10.9 Å². The lowest BCUT2D eigenvalue weighted by Gasteiger charge is -2.13. The number of aromatic hydroxyl groups is 1. The molecule has 9 nitrogen and oxygen atoms in total. The highest BCUT2D eigenvalue weighted by Gasteiger charge is 2.27. The molecule has 0 atom stereocenters. The molecule has 2 aromatic rings. The number of carbonyl (C=O) groups excluding carboxylic acids is 1. The van der Waals surface area contributed by atoms with Crippen LogP contribution in [0.4, 0.5) is 4.79 Å². The molecule has 0 bridgehead atoms. The molecule has 1 fully saturated rings. The van der Waals surface area contributed by atoms with Crippen molar-refractivity contribution in [2.75, 3.05) is 0 Å². The summed E-state index contributed by atoms with van der Waals surface area (Å²) in [5.41, 5.74) is 0.298. The van der Waals surface area contributed by atoms with Crippen molar-refractivity contribution in [2.45, 2.75) is 57.4 Å². The van der Waals surface area contributed by atoms with Crippen molar-refractivity contribution in [1.29, 1.82) is 0 Å². The number of nitrogens with zero attached hydrogens (tertiary/aromatic N) is 2. The summed E-state index contributed by atoms with van der Waals surface area (Å²) in [6.07, 6.45) is 6.11. The Labute approximate surface area is 158 Å². The highest BCUT2D eigenvalue weighted by molar-refractivity contribution is 7.17. The summed E-state index contributed by atoms with van der Waals surface area (Å²) < 4.78 is 1.53. The number of hydrogen-bond donors (Lipinski definition) is 4. The van der Waals surface area contributed by atoms with Gasteiger partial charge in [-0.15, -0.1) is 11.3 Å². The molecule has 4 N–H and O–H groups in total. The minimum atomic E-state index is -1.83. The molecule has 2 aliphatic rings. The smallest absolute Gasteiger partial charge is 0.492 e. The highest BCUT2D eigenvalue weighted by Crippen LogP contribution is 2.29. The van der Waals surface area contributed by atoms with Crippen molar-refractivity contribution in [3.05, 3.63) is 26.5 Å². The van der Waals surface area contributed by atoms with Gasteiger partial charge in [0.25, 0.3) is 11.5 Å². The fourth-order valence-electron chi connectivity index (χ4n) is 3.64. The minimum Gasteiger partial charge on any atom is -0.492 e. The van der Waals surface area contributed by atoms with Gasteiger partial charge in [0.05, 0.1) is 0 Å². The summed E-state index contributed by atoms with van der Waals surface area (Å²) in [4.78, 5) is 39.6. The maximum atomic E-state index is 12.8. The van der Waals surface area contributed by atoms with E-state index >= 15 is 0 Å². The lowest BCUT2D eigenvalue weighted by atomic mass is 10.0. The third kappa shape index (κ3) is 4.05. The second-order valence-electron chi connectivity index (χ2n) is 6.65. The molecule has 4 rings (SSSR count). The van der Waals surface area contributed by atoms with E-state index in [1.165, 1.54) is 15.7 Å². The first-order valence-corrected chi connectivity index (χ1v) is 9.69. The minimum absolute atomic E-state index is 0.0957. The first-order valence-electron chi connectivity index (χ1n) is 8.87. The van der Waals surface area contributed by atoms with E-state index in [2.05, 4.69) is 10.3 Å². The first-order chi connectivity index (χ1) is 12.9. The fraction of sp³-hybridized carbons (Fsp3) is 0.529. The Morgan fingerprint density at radius 3 is 2.41 bits per heavy atom. The molecule has 0 spiro atoms. The number of thiazole rings is 1. The number of rotatable bonds is 2. The average molecular weight is 395 g/mol. The number of hydrogen-bond acceptors (Lipinski definition) is 6. The number of aryl methyl sites for hydroxylation is 2. The summed E-state index contributed by atoms with van der Waals surface area (Å²) in [5.74, 6) is -0.957. The van der Waals surface area contributed by atoms with Gasteiger partial charge in [-0.3, -0.25) is 14.0 Å².